The van der Waals surface area contributed by atoms with Crippen molar-refractivity contribution in [2.75, 3.05) is 26.7 Å². The maximum Gasteiger partial charge on any atom is 0.0192 e. The topological polar surface area (TPSA) is 15.3 Å². The van der Waals surface area contributed by atoms with Gasteiger partial charge in [0.1, 0.15) is 0 Å². The molecule has 0 aromatic rings. The molecule has 1 aliphatic rings. The molecule has 0 bridgehead atoms. The highest BCUT2D eigenvalue weighted by Crippen LogP contribution is 2.30. The summed E-state index contributed by atoms with van der Waals surface area (Å²) in [7, 11) is 2.03. The van der Waals surface area contributed by atoms with Gasteiger partial charge in [0.2, 0.25) is 0 Å². The fourth-order valence-corrected chi connectivity index (χ4v) is 1.99. The number of nitrogens with one attached hydrogen (secondary N) is 1. The van der Waals surface area contributed by atoms with Gasteiger partial charge in [-0.3, -0.25) is 4.90 Å². The minimum Gasteiger partial charge on any atom is -0.318 e. The summed E-state index contributed by atoms with van der Waals surface area (Å²) >= 11 is 0. The molecule has 0 amide bonds. The lowest BCUT2D eigenvalue weighted by molar-refractivity contribution is 0.101. The van der Waals surface area contributed by atoms with Gasteiger partial charge in [0.15, 0.2) is 0 Å². The van der Waals surface area contributed by atoms with Gasteiger partial charge in [-0.05, 0) is 45.3 Å². The quantitative estimate of drug-likeness (QED) is 0.718. The van der Waals surface area contributed by atoms with E-state index in [1.807, 2.05) is 7.05 Å². The van der Waals surface area contributed by atoms with Crippen LogP contribution in [0.15, 0.2) is 0 Å². The van der Waals surface area contributed by atoms with E-state index in [2.05, 4.69) is 31.0 Å². The van der Waals surface area contributed by atoms with Gasteiger partial charge in [0.05, 0.1) is 0 Å². The molecule has 1 N–H and O–H groups in total. The van der Waals surface area contributed by atoms with Crippen LogP contribution in [-0.4, -0.2) is 37.6 Å². The Bertz CT molecular complexity index is 144. The van der Waals surface area contributed by atoms with Crippen molar-refractivity contribution in [1.29, 1.82) is 0 Å². The maximum absolute atomic E-state index is 3.24. The summed E-state index contributed by atoms with van der Waals surface area (Å²) in [6, 6.07) is 0.695. The summed E-state index contributed by atoms with van der Waals surface area (Å²) in [5.41, 5.74) is 0.579. The van der Waals surface area contributed by atoms with E-state index in [-0.39, 0.29) is 0 Å². The summed E-state index contributed by atoms with van der Waals surface area (Å²) in [5, 5.41) is 3.24. The van der Waals surface area contributed by atoms with Crippen LogP contribution in [0.1, 0.15) is 33.6 Å². The molecule has 0 aromatic heterocycles. The van der Waals surface area contributed by atoms with E-state index in [1.54, 1.807) is 0 Å². The fraction of sp³-hybridized carbons (Fsp3) is 1.00. The number of nitrogens with zero attached hydrogens (tertiary/aromatic N) is 1. The van der Waals surface area contributed by atoms with Gasteiger partial charge in [-0.1, -0.05) is 13.8 Å². The standard InChI is InChI=1S/C11H24N2/c1-10(9-12-4)13-7-5-11(2,3)6-8-13/h10,12H,5-9H2,1-4H3. The van der Waals surface area contributed by atoms with E-state index < -0.39 is 0 Å². The van der Waals surface area contributed by atoms with Crippen molar-refractivity contribution in [2.24, 2.45) is 5.41 Å². The molecule has 1 saturated heterocycles. The third-order valence-electron chi connectivity index (χ3n) is 3.27. The van der Waals surface area contributed by atoms with Crippen molar-refractivity contribution in [3.63, 3.8) is 0 Å². The van der Waals surface area contributed by atoms with Crippen molar-refractivity contribution < 1.29 is 0 Å². The summed E-state index contributed by atoms with van der Waals surface area (Å²) in [6.45, 7) is 10.7. The van der Waals surface area contributed by atoms with Gasteiger partial charge in [-0.2, -0.15) is 0 Å². The molecule has 1 rings (SSSR count). The first-order valence-electron chi connectivity index (χ1n) is 5.44. The normalized spacial score (nSPS) is 25.8. The predicted molar refractivity (Wildman–Crippen MR) is 58.0 cm³/mol. The van der Waals surface area contributed by atoms with Gasteiger partial charge in [0, 0.05) is 12.6 Å². The Morgan fingerprint density at radius 2 is 1.85 bits per heavy atom. The molecule has 0 radical (unpaired) electrons. The minimum absolute atomic E-state index is 0.579. The highest BCUT2D eigenvalue weighted by Gasteiger charge is 2.27. The SMILES string of the molecule is CNCC(C)N1CCC(C)(C)CC1. The number of piperidine rings is 1. The number of likely N-dealkylation sites (tertiary alicyclic amines) is 1. The van der Waals surface area contributed by atoms with E-state index >= 15 is 0 Å². The van der Waals surface area contributed by atoms with Crippen LogP contribution in [0.3, 0.4) is 0 Å². The van der Waals surface area contributed by atoms with Crippen LogP contribution in [0, 0.1) is 5.41 Å². The first kappa shape index (κ1) is 11.0. The second-order valence-electron chi connectivity index (χ2n) is 5.11. The first-order valence-corrected chi connectivity index (χ1v) is 5.44. The Labute approximate surface area is 82.7 Å². The Kier molecular flexibility index (Phi) is 3.74. The highest BCUT2D eigenvalue weighted by atomic mass is 15.2. The second kappa shape index (κ2) is 4.43. The van der Waals surface area contributed by atoms with Crippen LogP contribution in [0.2, 0.25) is 0 Å². The number of likely N-dealkylation sites (N-methyl/N-ethyl adjacent to an activating group) is 1. The first-order chi connectivity index (χ1) is 6.05. The van der Waals surface area contributed by atoms with E-state index in [1.165, 1.54) is 25.9 Å². The van der Waals surface area contributed by atoms with Crippen LogP contribution < -0.4 is 5.32 Å². The Balaban J connectivity index is 2.32. The van der Waals surface area contributed by atoms with E-state index in [0.29, 0.717) is 11.5 Å². The van der Waals surface area contributed by atoms with Crippen LogP contribution in [0.5, 0.6) is 0 Å². The highest BCUT2D eigenvalue weighted by molar-refractivity contribution is 4.81. The van der Waals surface area contributed by atoms with Gasteiger partial charge < -0.3 is 5.32 Å². The Morgan fingerprint density at radius 3 is 2.31 bits per heavy atom. The van der Waals surface area contributed by atoms with Crippen molar-refractivity contribution in [3.8, 4) is 0 Å². The van der Waals surface area contributed by atoms with Gasteiger partial charge in [-0.15, -0.1) is 0 Å². The van der Waals surface area contributed by atoms with E-state index in [4.69, 9.17) is 0 Å². The minimum atomic E-state index is 0.579. The second-order valence-corrected chi connectivity index (χ2v) is 5.11. The molecule has 2 heteroatoms. The Hall–Kier alpha value is -0.0800. The van der Waals surface area contributed by atoms with E-state index in [0.717, 1.165) is 6.54 Å². The molecular formula is C11H24N2. The average molecular weight is 184 g/mol. The molecule has 0 spiro atoms. The van der Waals surface area contributed by atoms with Crippen LogP contribution in [0.25, 0.3) is 0 Å². The van der Waals surface area contributed by atoms with Gasteiger partial charge >= 0.3 is 0 Å². The van der Waals surface area contributed by atoms with Crippen LogP contribution >= 0.6 is 0 Å². The lowest BCUT2D eigenvalue weighted by atomic mass is 9.82. The number of hydrogen-bond donors (Lipinski definition) is 1. The summed E-state index contributed by atoms with van der Waals surface area (Å²) in [6.07, 6.45) is 2.70. The van der Waals surface area contributed by atoms with E-state index in [9.17, 15) is 0 Å². The lowest BCUT2D eigenvalue weighted by Crippen LogP contribution is -2.45. The molecule has 1 unspecified atom stereocenters. The third kappa shape index (κ3) is 3.28. The zero-order chi connectivity index (χ0) is 9.90. The predicted octanol–water partition coefficient (Wildman–Crippen LogP) is 1.72. The van der Waals surface area contributed by atoms with Crippen molar-refractivity contribution >= 4 is 0 Å². The van der Waals surface area contributed by atoms with Crippen LogP contribution in [-0.2, 0) is 0 Å². The molecule has 0 aliphatic carbocycles. The fourth-order valence-electron chi connectivity index (χ4n) is 1.99. The summed E-state index contributed by atoms with van der Waals surface area (Å²) in [4.78, 5) is 2.60. The monoisotopic (exact) mass is 184 g/mol. The Morgan fingerprint density at radius 1 is 1.31 bits per heavy atom. The van der Waals surface area contributed by atoms with Gasteiger partial charge in [0.25, 0.3) is 0 Å². The molecule has 1 atom stereocenters. The third-order valence-corrected chi connectivity index (χ3v) is 3.27. The van der Waals surface area contributed by atoms with Crippen molar-refractivity contribution in [1.82, 2.24) is 10.2 Å². The molecule has 0 saturated carbocycles. The summed E-state index contributed by atoms with van der Waals surface area (Å²) < 4.78 is 0. The molecule has 1 aliphatic heterocycles. The molecule has 2 nitrogen and oxygen atoms in total. The van der Waals surface area contributed by atoms with Gasteiger partial charge in [-0.25, -0.2) is 0 Å². The molecule has 1 fully saturated rings. The number of rotatable bonds is 3. The number of hydrogen-bond acceptors (Lipinski definition) is 2. The summed E-state index contributed by atoms with van der Waals surface area (Å²) in [5.74, 6) is 0. The lowest BCUT2D eigenvalue weighted by Gasteiger charge is -2.39. The van der Waals surface area contributed by atoms with Crippen molar-refractivity contribution in [3.05, 3.63) is 0 Å². The zero-order valence-electron chi connectivity index (χ0n) is 9.56. The molecular weight excluding hydrogens is 160 g/mol. The smallest absolute Gasteiger partial charge is 0.0192 e. The zero-order valence-corrected chi connectivity index (χ0v) is 9.56. The van der Waals surface area contributed by atoms with Crippen molar-refractivity contribution in [2.45, 2.75) is 39.7 Å². The van der Waals surface area contributed by atoms with Crippen LogP contribution in [0.4, 0.5) is 0 Å². The molecule has 78 valence electrons. The molecule has 0 aromatic carbocycles. The molecule has 1 heterocycles. The largest absolute Gasteiger partial charge is 0.318 e. The maximum atomic E-state index is 3.24. The average Bonchev–Trinajstić information content (AvgIpc) is 2.04. The molecule has 13 heavy (non-hydrogen) atoms.